The SMILES string of the molecule is CC(=O)Br.O=C(N[C@@H](Cc1ccccc1)C(=O)N[C@@H](COCc1ccccc1)C(=O)O)OCc1ccccc1. The van der Waals surface area contributed by atoms with Crippen LogP contribution >= 0.6 is 15.9 Å². The van der Waals surface area contributed by atoms with E-state index in [1.54, 1.807) is 0 Å². The summed E-state index contributed by atoms with van der Waals surface area (Å²) in [7, 11) is 0. The molecule has 0 bridgehead atoms. The summed E-state index contributed by atoms with van der Waals surface area (Å²) in [6.45, 7) is 1.46. The molecule has 3 aromatic carbocycles. The van der Waals surface area contributed by atoms with E-state index in [2.05, 4.69) is 26.6 Å². The van der Waals surface area contributed by atoms with Gasteiger partial charge >= 0.3 is 12.1 Å². The first-order valence-electron chi connectivity index (χ1n) is 12.1. The first kappa shape index (κ1) is 31.2. The Bertz CT molecular complexity index is 1170. The summed E-state index contributed by atoms with van der Waals surface area (Å²) < 4.78 is 10.7. The molecule has 10 heteroatoms. The van der Waals surface area contributed by atoms with Crippen LogP contribution in [0.1, 0.15) is 23.6 Å². The standard InChI is InChI=1S/C27H28N2O6.C2H3BrO/c30-25(28-24(26(31)32)19-34-17-21-12-6-2-7-13-21)23(16-20-10-4-1-5-11-20)29-27(33)35-18-22-14-8-3-9-15-22;1-2(3)4/h1-15,23-24H,16-19H2,(H,28,30)(H,29,33)(H,31,32);1H3/t23-,24-;/m0./s1. The van der Waals surface area contributed by atoms with Crippen molar-refractivity contribution in [1.82, 2.24) is 10.6 Å². The zero-order valence-corrected chi connectivity index (χ0v) is 23.0. The third-order valence-electron chi connectivity index (χ3n) is 5.11. The lowest BCUT2D eigenvalue weighted by Gasteiger charge is -2.21. The van der Waals surface area contributed by atoms with Crippen molar-refractivity contribution in [3.05, 3.63) is 108 Å². The molecule has 2 amide bonds. The Kier molecular flexibility index (Phi) is 14.0. The first-order chi connectivity index (χ1) is 18.7. The maximum atomic E-state index is 13.0. The second kappa shape index (κ2) is 17.5. The monoisotopic (exact) mass is 598 g/mol. The lowest BCUT2D eigenvalue weighted by atomic mass is 10.1. The van der Waals surface area contributed by atoms with Crippen molar-refractivity contribution in [2.24, 2.45) is 0 Å². The number of aliphatic carboxylic acids is 1. The van der Waals surface area contributed by atoms with Gasteiger partial charge in [0.05, 0.1) is 13.2 Å². The molecule has 0 saturated carbocycles. The van der Waals surface area contributed by atoms with Crippen molar-refractivity contribution in [1.29, 1.82) is 0 Å². The lowest BCUT2D eigenvalue weighted by Crippen LogP contribution is -2.53. The number of amides is 2. The molecule has 0 heterocycles. The minimum atomic E-state index is -1.29. The maximum absolute atomic E-state index is 13.0. The van der Waals surface area contributed by atoms with Gasteiger partial charge in [0.15, 0.2) is 10.7 Å². The predicted octanol–water partition coefficient (Wildman–Crippen LogP) is 4.24. The smallest absolute Gasteiger partial charge is 0.408 e. The molecule has 0 unspecified atom stereocenters. The summed E-state index contributed by atoms with van der Waals surface area (Å²) in [6, 6.07) is 25.2. The molecule has 0 aliphatic carbocycles. The van der Waals surface area contributed by atoms with Crippen LogP contribution in [0.25, 0.3) is 0 Å². The van der Waals surface area contributed by atoms with Crippen LogP contribution < -0.4 is 10.6 Å². The molecule has 3 aromatic rings. The molecule has 0 aromatic heterocycles. The Labute approximate surface area is 235 Å². The summed E-state index contributed by atoms with van der Waals surface area (Å²) in [5, 5.41) is 14.6. The highest BCUT2D eigenvalue weighted by Gasteiger charge is 2.27. The number of rotatable bonds is 12. The third kappa shape index (κ3) is 13.4. The van der Waals surface area contributed by atoms with Crippen molar-refractivity contribution in [3.8, 4) is 0 Å². The fraction of sp³-hybridized carbons (Fsp3) is 0.241. The van der Waals surface area contributed by atoms with E-state index in [-0.39, 0.29) is 30.9 Å². The number of hydrogen-bond donors (Lipinski definition) is 3. The zero-order valence-electron chi connectivity index (χ0n) is 21.4. The second-order valence-corrected chi connectivity index (χ2v) is 9.44. The fourth-order valence-electron chi connectivity index (χ4n) is 3.28. The van der Waals surface area contributed by atoms with Crippen LogP contribution in [0.3, 0.4) is 0 Å². The summed E-state index contributed by atoms with van der Waals surface area (Å²) >= 11 is 2.63. The molecular weight excluding hydrogens is 568 g/mol. The average Bonchev–Trinajstić information content (AvgIpc) is 2.92. The van der Waals surface area contributed by atoms with Gasteiger partial charge in [-0.25, -0.2) is 9.59 Å². The van der Waals surface area contributed by atoms with Gasteiger partial charge in [0.25, 0.3) is 0 Å². The van der Waals surface area contributed by atoms with Crippen molar-refractivity contribution in [2.45, 2.75) is 38.6 Å². The number of carboxylic acids is 1. The van der Waals surface area contributed by atoms with Crippen molar-refractivity contribution in [3.63, 3.8) is 0 Å². The number of benzene rings is 3. The van der Waals surface area contributed by atoms with Crippen molar-refractivity contribution < 1.29 is 33.8 Å². The van der Waals surface area contributed by atoms with E-state index in [1.807, 2.05) is 91.0 Å². The van der Waals surface area contributed by atoms with Gasteiger partial charge in [-0.3, -0.25) is 9.59 Å². The summed E-state index contributed by atoms with van der Waals surface area (Å²) in [6.07, 6.45) is -0.623. The summed E-state index contributed by atoms with van der Waals surface area (Å²) in [5.41, 5.74) is 2.48. The molecule has 2 atom stereocenters. The highest BCUT2D eigenvalue weighted by Crippen LogP contribution is 2.07. The van der Waals surface area contributed by atoms with E-state index in [9.17, 15) is 24.3 Å². The number of hydrogen-bond acceptors (Lipinski definition) is 6. The Balaban J connectivity index is 0.00000124. The molecule has 0 spiro atoms. The van der Waals surface area contributed by atoms with Gasteiger partial charge in [-0.05, 0) is 32.6 Å². The topological polar surface area (TPSA) is 131 Å². The molecule has 3 N–H and O–H groups in total. The molecule has 0 radical (unpaired) electrons. The van der Waals surface area contributed by atoms with Gasteiger partial charge in [0, 0.05) is 13.3 Å². The lowest BCUT2D eigenvalue weighted by molar-refractivity contribution is -0.144. The van der Waals surface area contributed by atoms with Crippen molar-refractivity contribution in [2.75, 3.05) is 6.61 Å². The number of nitrogens with one attached hydrogen (secondary N) is 2. The predicted molar refractivity (Wildman–Crippen MR) is 149 cm³/mol. The van der Waals surface area contributed by atoms with E-state index in [1.165, 1.54) is 6.92 Å². The van der Waals surface area contributed by atoms with Gasteiger partial charge in [0.1, 0.15) is 12.6 Å². The highest BCUT2D eigenvalue weighted by molar-refractivity contribution is 9.18. The highest BCUT2D eigenvalue weighted by atomic mass is 79.9. The van der Waals surface area contributed by atoms with Gasteiger partial charge in [0.2, 0.25) is 5.91 Å². The summed E-state index contributed by atoms with van der Waals surface area (Å²) in [5.74, 6) is -1.89. The number of halogens is 1. The quantitative estimate of drug-likeness (QED) is 0.266. The van der Waals surface area contributed by atoms with Gasteiger partial charge in [-0.15, -0.1) is 0 Å². The number of carbonyl (C=O) groups excluding carboxylic acids is 3. The summed E-state index contributed by atoms with van der Waals surface area (Å²) in [4.78, 5) is 46.5. The number of carboxylic acid groups (broad SMARTS) is 1. The van der Waals surface area contributed by atoms with Gasteiger partial charge < -0.3 is 25.2 Å². The van der Waals surface area contributed by atoms with Crippen LogP contribution in [-0.4, -0.2) is 46.5 Å². The van der Waals surface area contributed by atoms with Gasteiger partial charge in [-0.2, -0.15) is 0 Å². The number of ether oxygens (including phenoxy) is 2. The van der Waals surface area contributed by atoms with Crippen molar-refractivity contribution >= 4 is 38.6 Å². The fourth-order valence-corrected chi connectivity index (χ4v) is 3.28. The number of carbonyl (C=O) groups is 4. The molecule has 0 aliphatic rings. The average molecular weight is 599 g/mol. The number of alkyl carbamates (subject to hydrolysis) is 1. The Morgan fingerprint density at radius 2 is 1.21 bits per heavy atom. The largest absolute Gasteiger partial charge is 0.480 e. The molecule has 39 heavy (non-hydrogen) atoms. The van der Waals surface area contributed by atoms with Crippen LogP contribution in [0.4, 0.5) is 4.79 Å². The van der Waals surface area contributed by atoms with E-state index < -0.39 is 30.1 Å². The third-order valence-corrected chi connectivity index (χ3v) is 5.11. The first-order valence-corrected chi connectivity index (χ1v) is 12.9. The molecule has 0 saturated heterocycles. The van der Waals surface area contributed by atoms with E-state index in [0.717, 1.165) is 16.7 Å². The normalized spacial score (nSPS) is 11.6. The molecule has 9 nitrogen and oxygen atoms in total. The van der Waals surface area contributed by atoms with E-state index in [0.29, 0.717) is 0 Å². The van der Waals surface area contributed by atoms with Crippen LogP contribution in [0.15, 0.2) is 91.0 Å². The maximum Gasteiger partial charge on any atom is 0.408 e. The Morgan fingerprint density at radius 3 is 1.69 bits per heavy atom. The molecular formula is C29H31BrN2O7. The minimum Gasteiger partial charge on any atom is -0.480 e. The van der Waals surface area contributed by atoms with Gasteiger partial charge in [-0.1, -0.05) is 91.0 Å². The minimum absolute atomic E-state index is 0.0208. The zero-order chi connectivity index (χ0) is 28.5. The van der Waals surface area contributed by atoms with E-state index >= 15 is 0 Å². The molecule has 0 fully saturated rings. The van der Waals surface area contributed by atoms with Crippen LogP contribution in [0, 0.1) is 0 Å². The molecule has 3 rings (SSSR count). The van der Waals surface area contributed by atoms with Crippen LogP contribution in [-0.2, 0) is 43.5 Å². The van der Waals surface area contributed by atoms with E-state index in [4.69, 9.17) is 9.47 Å². The Hall–Kier alpha value is -4.02. The molecule has 206 valence electrons. The van der Waals surface area contributed by atoms with Crippen LogP contribution in [0.5, 0.6) is 0 Å². The second-order valence-electron chi connectivity index (χ2n) is 8.32. The Morgan fingerprint density at radius 1 is 0.744 bits per heavy atom. The van der Waals surface area contributed by atoms with Crippen LogP contribution in [0.2, 0.25) is 0 Å². The molecule has 0 aliphatic heterocycles.